The van der Waals surface area contributed by atoms with E-state index in [4.69, 9.17) is 13.9 Å². The van der Waals surface area contributed by atoms with Crippen molar-refractivity contribution in [3.05, 3.63) is 251 Å². The van der Waals surface area contributed by atoms with Crippen molar-refractivity contribution in [2.45, 2.75) is 46.5 Å². The zero-order chi connectivity index (χ0) is 45.6. The molecule has 2 aliphatic carbocycles. The highest BCUT2D eigenvalue weighted by atomic mass is 32.2. The molecule has 5 aliphatic rings. The Morgan fingerprint density at radius 2 is 1.16 bits per heavy atom. The van der Waals surface area contributed by atoms with Gasteiger partial charge in [0.2, 0.25) is 0 Å². The summed E-state index contributed by atoms with van der Waals surface area (Å²) < 4.78 is 21.2. The van der Waals surface area contributed by atoms with Crippen LogP contribution >= 0.6 is 11.8 Å². The molecule has 3 aliphatic heterocycles. The number of nitrogens with zero attached hydrogens (tertiary/aromatic N) is 1. The van der Waals surface area contributed by atoms with Gasteiger partial charge in [-0.2, -0.15) is 0 Å². The molecule has 15 rings (SSSR count). The van der Waals surface area contributed by atoms with Gasteiger partial charge in [0, 0.05) is 61.9 Å². The van der Waals surface area contributed by atoms with Crippen LogP contribution in [-0.2, 0) is 10.8 Å². The zero-order valence-corrected chi connectivity index (χ0v) is 38.8. The number of hydrogen-bond donors (Lipinski definition) is 0. The molecule has 0 amide bonds. The molecule has 4 nitrogen and oxygen atoms in total. The van der Waals surface area contributed by atoms with Gasteiger partial charge >= 0.3 is 0 Å². The number of furan rings is 1. The molecule has 4 heterocycles. The van der Waals surface area contributed by atoms with Crippen molar-refractivity contribution in [3.8, 4) is 39.5 Å². The molecule has 0 saturated carbocycles. The summed E-state index contributed by atoms with van der Waals surface area (Å²) in [5.74, 6) is 2.74. The number of hydrogen-bond acceptors (Lipinski definition) is 5. The van der Waals surface area contributed by atoms with Gasteiger partial charge in [-0.05, 0) is 93.0 Å². The second-order valence-electron chi connectivity index (χ2n) is 19.4. The first-order chi connectivity index (χ1) is 33.9. The minimum absolute atomic E-state index is 0.0556. The number of anilines is 3. The number of allylic oxidation sites excluding steroid dienone is 2. The minimum atomic E-state index is -0.783. The van der Waals surface area contributed by atoms with Crippen molar-refractivity contribution < 1.29 is 13.9 Å². The van der Waals surface area contributed by atoms with Crippen molar-refractivity contribution in [2.24, 2.45) is 0 Å². The quantitative estimate of drug-likeness (QED) is 0.176. The Kier molecular flexibility index (Phi) is 8.08. The van der Waals surface area contributed by atoms with Crippen molar-refractivity contribution in [1.29, 1.82) is 0 Å². The Morgan fingerprint density at radius 1 is 0.493 bits per heavy atom. The third-order valence-electron chi connectivity index (χ3n) is 15.5. The lowest BCUT2D eigenvalue weighted by atomic mass is 9.63. The molecule has 0 radical (unpaired) electrons. The molecule has 5 heteroatoms. The topological polar surface area (TPSA) is 34.8 Å². The number of benzene rings is 9. The zero-order valence-electron chi connectivity index (χ0n) is 37.9. The minimum Gasteiger partial charge on any atom is -0.484 e. The first-order valence-corrected chi connectivity index (χ1v) is 24.7. The van der Waals surface area contributed by atoms with Crippen LogP contribution in [0.1, 0.15) is 58.7 Å². The van der Waals surface area contributed by atoms with Gasteiger partial charge in [-0.25, -0.2) is 0 Å². The molecule has 10 aromatic rings. The maximum atomic E-state index is 7.22. The van der Waals surface area contributed by atoms with Gasteiger partial charge in [0.25, 0.3) is 0 Å². The van der Waals surface area contributed by atoms with Crippen molar-refractivity contribution >= 4 is 50.8 Å². The maximum Gasteiger partial charge on any atom is 0.149 e. The van der Waals surface area contributed by atoms with Gasteiger partial charge in [0.05, 0.1) is 15.2 Å². The Bertz CT molecular complexity index is 3880. The average Bonchev–Trinajstić information content (AvgIpc) is 4.05. The van der Waals surface area contributed by atoms with Crippen LogP contribution < -0.4 is 14.4 Å². The molecule has 3 unspecified atom stereocenters. The van der Waals surface area contributed by atoms with E-state index in [-0.39, 0.29) is 17.4 Å². The van der Waals surface area contributed by atoms with Crippen molar-refractivity contribution in [1.82, 2.24) is 0 Å². The molecule has 69 heavy (non-hydrogen) atoms. The van der Waals surface area contributed by atoms with Crippen molar-refractivity contribution in [2.75, 3.05) is 4.90 Å². The van der Waals surface area contributed by atoms with Crippen LogP contribution in [-0.4, -0.2) is 6.10 Å². The van der Waals surface area contributed by atoms with Gasteiger partial charge in [-0.3, -0.25) is 0 Å². The van der Waals surface area contributed by atoms with Crippen LogP contribution in [0.2, 0.25) is 0 Å². The lowest BCUT2D eigenvalue weighted by molar-refractivity contribution is 0.263. The third-order valence-corrected chi connectivity index (χ3v) is 16.8. The number of rotatable bonds is 4. The highest BCUT2D eigenvalue weighted by molar-refractivity contribution is 7.99. The van der Waals surface area contributed by atoms with Crippen LogP contribution in [0.25, 0.3) is 44.2 Å². The SMILES string of the molecule is CC1(C)c2ccccc2-c2ccc(N(c3ccc(-c4ccccc4)cc3)c3ccc4c(c3)Oc3ccccc3C43c4ccc5c(c4Sc4c3ccc3c4oc4ccccc43)OC3C=CC=CC53)cc21. The molecular weight excluding hydrogens is 863 g/mol. The first kappa shape index (κ1) is 39.0. The van der Waals surface area contributed by atoms with Crippen LogP contribution in [0.4, 0.5) is 17.1 Å². The monoisotopic (exact) mass is 905 g/mol. The Labute approximate surface area is 404 Å². The van der Waals surface area contributed by atoms with Gasteiger partial charge in [0.1, 0.15) is 34.5 Å². The summed E-state index contributed by atoms with van der Waals surface area (Å²) >= 11 is 1.79. The van der Waals surface area contributed by atoms with Crippen LogP contribution in [0.5, 0.6) is 17.2 Å². The smallest absolute Gasteiger partial charge is 0.149 e. The van der Waals surface area contributed by atoms with E-state index in [0.717, 1.165) is 77.2 Å². The van der Waals surface area contributed by atoms with E-state index in [0.29, 0.717) is 0 Å². The van der Waals surface area contributed by atoms with Crippen LogP contribution in [0, 0.1) is 0 Å². The third kappa shape index (κ3) is 5.37. The van der Waals surface area contributed by atoms with Gasteiger partial charge in [-0.15, -0.1) is 0 Å². The molecule has 0 saturated heterocycles. The highest BCUT2D eigenvalue weighted by Crippen LogP contribution is 2.66. The lowest BCUT2D eigenvalue weighted by Gasteiger charge is -2.45. The molecule has 9 aromatic carbocycles. The molecule has 328 valence electrons. The molecule has 0 bridgehead atoms. The van der Waals surface area contributed by atoms with E-state index in [9.17, 15) is 0 Å². The maximum absolute atomic E-state index is 7.22. The van der Waals surface area contributed by atoms with Gasteiger partial charge in [-0.1, -0.05) is 183 Å². The summed E-state index contributed by atoms with van der Waals surface area (Å²) in [6.45, 7) is 4.70. The predicted octanol–water partition coefficient (Wildman–Crippen LogP) is 17.0. The van der Waals surface area contributed by atoms with E-state index in [1.807, 2.05) is 0 Å². The molecule has 0 fully saturated rings. The number of fused-ring (bicyclic) bond motifs is 19. The molecular formula is C64H43NO3S. The van der Waals surface area contributed by atoms with E-state index in [2.05, 4.69) is 231 Å². The highest BCUT2D eigenvalue weighted by Gasteiger charge is 2.52. The van der Waals surface area contributed by atoms with E-state index in [1.165, 1.54) is 50.1 Å². The number of ether oxygens (including phenoxy) is 2. The van der Waals surface area contributed by atoms with E-state index >= 15 is 0 Å². The fraction of sp³-hybridized carbons (Fsp3) is 0.0938. The fourth-order valence-electron chi connectivity index (χ4n) is 12.3. The molecule has 0 N–H and O–H groups in total. The standard InChI is InChI=1S/C64H43NO3S/c1-63(2)49-19-9-6-16-43(49)44-30-28-41(36-54(44)63)65(40-26-24-39(25-27-40)38-14-4-3-5-15-38)42-29-33-51-58(37-42)66-57-23-13-10-20-50(57)64(51)52-34-31-47-45-17-7-11-21-55(45)67-59(47)61(52)69-62-53(64)35-32-48-46-18-8-12-22-56(46)68-60(48)62/h3-37,45,55H,1-2H3. The predicted molar refractivity (Wildman–Crippen MR) is 279 cm³/mol. The summed E-state index contributed by atoms with van der Waals surface area (Å²) in [4.78, 5) is 4.62. The second-order valence-corrected chi connectivity index (χ2v) is 20.5. The molecule has 1 aromatic heterocycles. The van der Waals surface area contributed by atoms with Crippen LogP contribution in [0.15, 0.2) is 227 Å². The lowest BCUT2D eigenvalue weighted by Crippen LogP contribution is -2.37. The normalized spacial score (nSPS) is 19.1. The van der Waals surface area contributed by atoms with Gasteiger partial charge in [0.15, 0.2) is 0 Å². The van der Waals surface area contributed by atoms with E-state index in [1.54, 1.807) is 11.8 Å². The first-order valence-electron chi connectivity index (χ1n) is 23.9. The largest absolute Gasteiger partial charge is 0.484 e. The summed E-state index contributed by atoms with van der Waals surface area (Å²) in [5.41, 5.74) is 17.3. The van der Waals surface area contributed by atoms with Crippen LogP contribution in [0.3, 0.4) is 0 Å². The summed E-state index contributed by atoms with van der Waals surface area (Å²) in [6.07, 6.45) is 8.66. The molecule has 3 atom stereocenters. The van der Waals surface area contributed by atoms with Gasteiger partial charge < -0.3 is 18.8 Å². The number of para-hydroxylation sites is 2. The Hall–Kier alpha value is -7.99. The Morgan fingerprint density at radius 3 is 2.06 bits per heavy atom. The molecule has 1 spiro atoms. The fourth-order valence-corrected chi connectivity index (χ4v) is 13.7. The summed E-state index contributed by atoms with van der Waals surface area (Å²) in [7, 11) is 0. The summed E-state index contributed by atoms with van der Waals surface area (Å²) in [5, 5.41) is 2.22. The second kappa shape index (κ2) is 14.3. The Balaban J connectivity index is 0.974. The summed E-state index contributed by atoms with van der Waals surface area (Å²) in [6, 6.07) is 68.6. The average molecular weight is 906 g/mol. The van der Waals surface area contributed by atoms with E-state index < -0.39 is 5.41 Å². The van der Waals surface area contributed by atoms with Crippen molar-refractivity contribution in [3.63, 3.8) is 0 Å².